The fourth-order valence-corrected chi connectivity index (χ4v) is 8.59. The number of nitrogens with one attached hydrogen (secondary N) is 2. The van der Waals surface area contributed by atoms with Crippen molar-refractivity contribution in [3.63, 3.8) is 0 Å². The third kappa shape index (κ3) is 13.2. The molecule has 3 fully saturated rings. The molecule has 3 N–H and O–H groups in total. The third-order valence-corrected chi connectivity index (χ3v) is 11.9. The first kappa shape index (κ1) is 42.5. The predicted molar refractivity (Wildman–Crippen MR) is 202 cm³/mol. The number of aliphatic carboxylic acids is 1. The maximum Gasteiger partial charge on any atom is 0.310 e. The van der Waals surface area contributed by atoms with E-state index in [1.165, 1.54) is 77.0 Å². The number of carbonyl (C=O) groups excluding carboxylic acids is 2. The molecule has 288 valence electrons. The van der Waals surface area contributed by atoms with Crippen molar-refractivity contribution in [1.82, 2.24) is 10.6 Å². The van der Waals surface area contributed by atoms with Crippen LogP contribution >= 0.6 is 0 Å². The van der Waals surface area contributed by atoms with Crippen molar-refractivity contribution in [1.29, 1.82) is 0 Å². The molecule has 0 radical (unpaired) electrons. The first-order chi connectivity index (χ1) is 23.9. The molecule has 1 aliphatic heterocycles. The molecule has 1 saturated heterocycles. The second-order valence-corrected chi connectivity index (χ2v) is 17.2. The zero-order valence-electron chi connectivity index (χ0n) is 32.7. The van der Waals surface area contributed by atoms with Crippen LogP contribution in [0.1, 0.15) is 189 Å². The van der Waals surface area contributed by atoms with Crippen LogP contribution in [0.3, 0.4) is 0 Å². The van der Waals surface area contributed by atoms with E-state index in [-0.39, 0.29) is 18.4 Å². The Bertz CT molecular complexity index is 1060. The molecule has 0 spiro atoms. The van der Waals surface area contributed by atoms with E-state index in [9.17, 15) is 19.5 Å². The largest absolute Gasteiger partial charge is 0.481 e. The highest BCUT2D eigenvalue weighted by molar-refractivity contribution is 5.85. The van der Waals surface area contributed by atoms with Crippen LogP contribution in [0.5, 0.6) is 0 Å². The summed E-state index contributed by atoms with van der Waals surface area (Å²) >= 11 is 0. The monoisotopic (exact) mass is 703 g/mol. The lowest BCUT2D eigenvalue weighted by Gasteiger charge is -2.46. The number of carboxylic acids is 1. The maximum atomic E-state index is 14.3. The number of amides is 2. The maximum absolute atomic E-state index is 14.3. The van der Waals surface area contributed by atoms with Gasteiger partial charge in [-0.1, -0.05) is 129 Å². The smallest absolute Gasteiger partial charge is 0.310 e. The lowest BCUT2D eigenvalue weighted by Crippen LogP contribution is -2.63. The molecule has 2 unspecified atom stereocenters. The fourth-order valence-electron chi connectivity index (χ4n) is 8.59. The summed E-state index contributed by atoms with van der Waals surface area (Å²) in [7, 11) is 0. The summed E-state index contributed by atoms with van der Waals surface area (Å²) in [5.41, 5.74) is -1.85. The zero-order chi connectivity index (χ0) is 36.5. The molecule has 3 aliphatic rings. The van der Waals surface area contributed by atoms with Crippen molar-refractivity contribution in [2.24, 2.45) is 16.7 Å². The van der Waals surface area contributed by atoms with Gasteiger partial charge in [0.1, 0.15) is 6.10 Å². The molecule has 0 aromatic carbocycles. The Hall–Kier alpha value is -1.93. The molecular formula is C42H74N2O6. The number of hydrogen-bond acceptors (Lipinski definition) is 5. The second kappa shape index (κ2) is 20.9. The van der Waals surface area contributed by atoms with Gasteiger partial charge in [0.2, 0.25) is 11.8 Å². The number of carboxylic acid groups (broad SMARTS) is 1. The highest BCUT2D eigenvalue weighted by atomic mass is 16.7. The van der Waals surface area contributed by atoms with Gasteiger partial charge in [-0.2, -0.15) is 0 Å². The molecule has 50 heavy (non-hydrogen) atoms. The van der Waals surface area contributed by atoms with E-state index >= 15 is 0 Å². The van der Waals surface area contributed by atoms with E-state index in [1.807, 2.05) is 13.8 Å². The van der Waals surface area contributed by atoms with Crippen molar-refractivity contribution < 1.29 is 29.0 Å². The van der Waals surface area contributed by atoms with Gasteiger partial charge in [0.15, 0.2) is 5.79 Å². The lowest BCUT2D eigenvalue weighted by atomic mass is 9.70. The van der Waals surface area contributed by atoms with Crippen molar-refractivity contribution in [3.8, 4) is 0 Å². The van der Waals surface area contributed by atoms with Gasteiger partial charge in [-0.05, 0) is 71.6 Å². The van der Waals surface area contributed by atoms with Gasteiger partial charge in [-0.3, -0.25) is 14.4 Å². The van der Waals surface area contributed by atoms with Gasteiger partial charge in [0, 0.05) is 17.4 Å². The standard InChI is InChI=1S/C42H74N2O6/c1-6-7-8-9-10-11-12-13-14-15-16-17-18-19-20-22-27-41(28-25-26-29-41)38(48)44-42(30-23-21-24-31-42)34(37(46)47)32-43-36(45)35-39(2,3)33-49-40(4,5)50-35/h13-14,34-35H,6-12,15-33H2,1-5H3,(H,43,45)(H,44,48)(H,46,47)/b14-13-. The number of allylic oxidation sites excluding steroid dienone is 2. The summed E-state index contributed by atoms with van der Waals surface area (Å²) in [6, 6.07) is 0. The fraction of sp³-hybridized carbons (Fsp3) is 0.881. The van der Waals surface area contributed by atoms with E-state index in [1.54, 1.807) is 13.8 Å². The highest BCUT2D eigenvalue weighted by Crippen LogP contribution is 2.45. The van der Waals surface area contributed by atoms with Crippen molar-refractivity contribution >= 4 is 17.8 Å². The molecule has 0 aromatic rings. The molecule has 8 nitrogen and oxygen atoms in total. The average molecular weight is 703 g/mol. The van der Waals surface area contributed by atoms with Crippen LogP contribution in [0.15, 0.2) is 12.2 Å². The molecule has 2 amide bonds. The van der Waals surface area contributed by atoms with Crippen LogP contribution in [0.4, 0.5) is 0 Å². The van der Waals surface area contributed by atoms with E-state index in [0.29, 0.717) is 19.4 Å². The molecule has 2 aliphatic carbocycles. The van der Waals surface area contributed by atoms with Gasteiger partial charge in [0.05, 0.1) is 18.1 Å². The predicted octanol–water partition coefficient (Wildman–Crippen LogP) is 9.79. The number of hydrogen-bond donors (Lipinski definition) is 3. The van der Waals surface area contributed by atoms with Crippen LogP contribution in [-0.4, -0.2) is 53.5 Å². The highest BCUT2D eigenvalue weighted by Gasteiger charge is 2.50. The number of unbranched alkanes of at least 4 members (excludes halogenated alkanes) is 12. The first-order valence-corrected chi connectivity index (χ1v) is 20.7. The van der Waals surface area contributed by atoms with Crippen molar-refractivity contribution in [2.45, 2.75) is 206 Å². The van der Waals surface area contributed by atoms with E-state index < -0.39 is 40.1 Å². The number of ether oxygens (including phenoxy) is 2. The van der Waals surface area contributed by atoms with E-state index in [0.717, 1.165) is 64.2 Å². The summed E-state index contributed by atoms with van der Waals surface area (Å²) in [6.45, 7) is 9.98. The summed E-state index contributed by atoms with van der Waals surface area (Å²) < 4.78 is 11.8. The number of carbonyl (C=O) groups is 3. The Balaban J connectivity index is 1.48. The number of rotatable bonds is 23. The van der Waals surface area contributed by atoms with Gasteiger partial charge in [0.25, 0.3) is 0 Å². The van der Waals surface area contributed by atoms with E-state index in [4.69, 9.17) is 9.47 Å². The quantitative estimate of drug-likeness (QED) is 0.0722. The van der Waals surface area contributed by atoms with Gasteiger partial charge >= 0.3 is 5.97 Å². The topological polar surface area (TPSA) is 114 Å². The lowest BCUT2D eigenvalue weighted by molar-refractivity contribution is -0.304. The molecule has 3 rings (SSSR count). The summed E-state index contributed by atoms with van der Waals surface area (Å²) in [6.07, 6.45) is 30.3. The third-order valence-electron chi connectivity index (χ3n) is 11.9. The Kier molecular flexibility index (Phi) is 17.8. The van der Waals surface area contributed by atoms with Crippen LogP contribution < -0.4 is 10.6 Å². The van der Waals surface area contributed by atoms with Crippen LogP contribution in [0.2, 0.25) is 0 Å². The Morgan fingerprint density at radius 2 is 1.30 bits per heavy atom. The van der Waals surface area contributed by atoms with E-state index in [2.05, 4.69) is 29.7 Å². The molecule has 2 saturated carbocycles. The summed E-state index contributed by atoms with van der Waals surface area (Å²) in [4.78, 5) is 40.6. The minimum atomic E-state index is -0.978. The van der Waals surface area contributed by atoms with Crippen molar-refractivity contribution in [2.75, 3.05) is 13.2 Å². The van der Waals surface area contributed by atoms with Crippen LogP contribution in [-0.2, 0) is 23.9 Å². The van der Waals surface area contributed by atoms with Gasteiger partial charge in [-0.25, -0.2) is 0 Å². The average Bonchev–Trinajstić information content (AvgIpc) is 3.56. The molecule has 0 aromatic heterocycles. The zero-order valence-corrected chi connectivity index (χ0v) is 32.7. The van der Waals surface area contributed by atoms with Crippen LogP contribution in [0, 0.1) is 16.7 Å². The molecular weight excluding hydrogens is 628 g/mol. The van der Waals surface area contributed by atoms with Gasteiger partial charge < -0.3 is 25.2 Å². The Morgan fingerprint density at radius 1 is 0.760 bits per heavy atom. The normalized spacial score (nSPS) is 23.0. The van der Waals surface area contributed by atoms with Crippen molar-refractivity contribution in [3.05, 3.63) is 12.2 Å². The first-order valence-electron chi connectivity index (χ1n) is 20.7. The minimum absolute atomic E-state index is 0.0397. The molecule has 0 bridgehead atoms. The minimum Gasteiger partial charge on any atom is -0.481 e. The molecule has 1 heterocycles. The Labute approximate surface area is 305 Å². The van der Waals surface area contributed by atoms with Crippen LogP contribution in [0.25, 0.3) is 0 Å². The SMILES string of the molecule is CCCCCCCC/C=C\CCCCCCCCC1(C(=O)NC2(C(CNC(=O)C3OC(C)(C)OCC3(C)C)C(=O)O)CCCCC2)CCCC1. The Morgan fingerprint density at radius 3 is 1.88 bits per heavy atom. The summed E-state index contributed by atoms with van der Waals surface area (Å²) in [5.74, 6) is -3.09. The summed E-state index contributed by atoms with van der Waals surface area (Å²) in [5, 5.41) is 16.9. The molecule has 2 atom stereocenters. The molecule has 8 heteroatoms. The van der Waals surface area contributed by atoms with Gasteiger partial charge in [-0.15, -0.1) is 0 Å². The second-order valence-electron chi connectivity index (χ2n) is 17.2.